The summed E-state index contributed by atoms with van der Waals surface area (Å²) in [6.45, 7) is 6.87. The minimum Gasteiger partial charge on any atom is -0.481 e. The second-order valence-electron chi connectivity index (χ2n) is 7.38. The quantitative estimate of drug-likeness (QED) is 0.676. The van der Waals surface area contributed by atoms with Gasteiger partial charge in [-0.05, 0) is 24.2 Å². The topological polar surface area (TPSA) is 78.4 Å². The van der Waals surface area contributed by atoms with E-state index in [1.807, 2.05) is 20.8 Å². The first-order chi connectivity index (χ1) is 9.78. The number of hydrogen-bond donors (Lipinski definition) is 3. The standard InChI is InChI=1S/C16H30N2O3/c1-16(2,3)10-13(14(19)20)11-18-15(21)17-9-8-12-6-4-5-7-12/h12-13H,4-11H2,1-3H3,(H,19,20)(H2,17,18,21). The monoisotopic (exact) mass is 298 g/mol. The second kappa shape index (κ2) is 8.25. The summed E-state index contributed by atoms with van der Waals surface area (Å²) in [6, 6.07) is -0.256. The summed E-state index contributed by atoms with van der Waals surface area (Å²) in [7, 11) is 0. The van der Waals surface area contributed by atoms with Crippen LogP contribution < -0.4 is 10.6 Å². The van der Waals surface area contributed by atoms with E-state index in [1.165, 1.54) is 25.7 Å². The number of carboxylic acid groups (broad SMARTS) is 1. The van der Waals surface area contributed by atoms with Gasteiger partial charge < -0.3 is 15.7 Å². The molecule has 0 aliphatic heterocycles. The molecule has 5 heteroatoms. The Morgan fingerprint density at radius 3 is 2.33 bits per heavy atom. The van der Waals surface area contributed by atoms with Crippen molar-refractivity contribution < 1.29 is 14.7 Å². The smallest absolute Gasteiger partial charge is 0.314 e. The zero-order valence-corrected chi connectivity index (χ0v) is 13.6. The number of urea groups is 1. The van der Waals surface area contributed by atoms with Crippen LogP contribution in [0.15, 0.2) is 0 Å². The molecule has 1 rings (SSSR count). The Bertz CT molecular complexity index is 344. The molecule has 1 fully saturated rings. The fourth-order valence-electron chi connectivity index (χ4n) is 2.95. The first-order valence-electron chi connectivity index (χ1n) is 8.02. The van der Waals surface area contributed by atoms with Crippen molar-refractivity contribution in [2.45, 2.75) is 59.3 Å². The van der Waals surface area contributed by atoms with Crippen molar-refractivity contribution >= 4 is 12.0 Å². The summed E-state index contributed by atoms with van der Waals surface area (Å²) in [6.07, 6.45) is 6.74. The molecule has 0 radical (unpaired) electrons. The third kappa shape index (κ3) is 7.93. The minimum absolute atomic E-state index is 0.0658. The molecule has 0 heterocycles. The highest BCUT2D eigenvalue weighted by molar-refractivity contribution is 5.75. The van der Waals surface area contributed by atoms with Crippen molar-refractivity contribution in [3.05, 3.63) is 0 Å². The summed E-state index contributed by atoms with van der Waals surface area (Å²) in [5.41, 5.74) is -0.0658. The van der Waals surface area contributed by atoms with Gasteiger partial charge in [-0.3, -0.25) is 4.79 Å². The van der Waals surface area contributed by atoms with Gasteiger partial charge in [0.1, 0.15) is 0 Å². The van der Waals surface area contributed by atoms with Gasteiger partial charge in [0, 0.05) is 13.1 Å². The number of carboxylic acids is 1. The van der Waals surface area contributed by atoms with Gasteiger partial charge in [-0.1, -0.05) is 46.5 Å². The van der Waals surface area contributed by atoms with E-state index in [9.17, 15) is 14.7 Å². The van der Waals surface area contributed by atoms with Gasteiger partial charge in [0.2, 0.25) is 0 Å². The fraction of sp³-hybridized carbons (Fsp3) is 0.875. The molecule has 122 valence electrons. The van der Waals surface area contributed by atoms with Crippen LogP contribution in [-0.2, 0) is 4.79 Å². The Morgan fingerprint density at radius 2 is 1.81 bits per heavy atom. The Balaban J connectivity index is 2.21. The van der Waals surface area contributed by atoms with Crippen molar-refractivity contribution in [1.82, 2.24) is 10.6 Å². The van der Waals surface area contributed by atoms with Crippen LogP contribution in [0.25, 0.3) is 0 Å². The first kappa shape index (κ1) is 17.8. The van der Waals surface area contributed by atoms with Gasteiger partial charge in [0.15, 0.2) is 0 Å². The first-order valence-corrected chi connectivity index (χ1v) is 8.02. The summed E-state index contributed by atoms with van der Waals surface area (Å²) in [5, 5.41) is 14.7. The maximum absolute atomic E-state index is 11.7. The highest BCUT2D eigenvalue weighted by Gasteiger charge is 2.25. The normalized spacial score (nSPS) is 17.5. The molecule has 0 bridgehead atoms. The Morgan fingerprint density at radius 1 is 1.19 bits per heavy atom. The van der Waals surface area contributed by atoms with Crippen LogP contribution in [0, 0.1) is 17.3 Å². The van der Waals surface area contributed by atoms with Gasteiger partial charge in [0.05, 0.1) is 5.92 Å². The molecule has 1 unspecified atom stereocenters. The summed E-state index contributed by atoms with van der Waals surface area (Å²) in [5.74, 6) is -0.639. The van der Waals surface area contributed by atoms with E-state index in [0.29, 0.717) is 13.0 Å². The average molecular weight is 298 g/mol. The maximum Gasteiger partial charge on any atom is 0.314 e. The average Bonchev–Trinajstić information content (AvgIpc) is 2.86. The number of carbonyl (C=O) groups is 2. The molecule has 5 nitrogen and oxygen atoms in total. The zero-order chi connectivity index (χ0) is 15.9. The van der Waals surface area contributed by atoms with Crippen molar-refractivity contribution in [1.29, 1.82) is 0 Å². The van der Waals surface area contributed by atoms with Crippen LogP contribution in [0.2, 0.25) is 0 Å². The van der Waals surface area contributed by atoms with Crippen LogP contribution in [0.3, 0.4) is 0 Å². The molecule has 0 spiro atoms. The molecular weight excluding hydrogens is 268 g/mol. The highest BCUT2D eigenvalue weighted by atomic mass is 16.4. The third-order valence-corrected chi connectivity index (χ3v) is 4.03. The van der Waals surface area contributed by atoms with E-state index in [1.54, 1.807) is 0 Å². The van der Waals surface area contributed by atoms with E-state index in [-0.39, 0.29) is 18.0 Å². The predicted molar refractivity (Wildman–Crippen MR) is 83.2 cm³/mol. The van der Waals surface area contributed by atoms with Gasteiger partial charge in [-0.15, -0.1) is 0 Å². The molecular formula is C16H30N2O3. The summed E-state index contributed by atoms with van der Waals surface area (Å²) in [4.78, 5) is 22.9. The molecule has 1 aliphatic rings. The maximum atomic E-state index is 11.7. The van der Waals surface area contributed by atoms with Crippen LogP contribution in [0.1, 0.15) is 59.3 Å². The Kier molecular flexibility index (Phi) is 6.99. The van der Waals surface area contributed by atoms with Crippen molar-refractivity contribution in [2.75, 3.05) is 13.1 Å². The lowest BCUT2D eigenvalue weighted by Crippen LogP contribution is -2.41. The van der Waals surface area contributed by atoms with Crippen LogP contribution >= 0.6 is 0 Å². The molecule has 3 N–H and O–H groups in total. The van der Waals surface area contributed by atoms with Gasteiger partial charge >= 0.3 is 12.0 Å². The zero-order valence-electron chi connectivity index (χ0n) is 13.6. The van der Waals surface area contributed by atoms with Gasteiger partial charge in [0.25, 0.3) is 0 Å². The molecule has 0 aromatic carbocycles. The lowest BCUT2D eigenvalue weighted by atomic mass is 9.84. The number of aliphatic carboxylic acids is 1. The molecule has 1 atom stereocenters. The number of hydrogen-bond acceptors (Lipinski definition) is 2. The Hall–Kier alpha value is -1.26. The largest absolute Gasteiger partial charge is 0.481 e. The van der Waals surface area contributed by atoms with Crippen LogP contribution in [0.4, 0.5) is 4.79 Å². The fourth-order valence-corrected chi connectivity index (χ4v) is 2.95. The molecule has 0 aromatic rings. The van der Waals surface area contributed by atoms with E-state index < -0.39 is 11.9 Å². The lowest BCUT2D eigenvalue weighted by molar-refractivity contribution is -0.142. The van der Waals surface area contributed by atoms with Crippen molar-refractivity contribution in [3.63, 3.8) is 0 Å². The SMILES string of the molecule is CC(C)(C)CC(CNC(=O)NCCC1CCCC1)C(=O)O. The molecule has 0 saturated heterocycles. The minimum atomic E-state index is -0.851. The predicted octanol–water partition coefficient (Wildman–Crippen LogP) is 3.00. The van der Waals surface area contributed by atoms with E-state index in [4.69, 9.17) is 0 Å². The Labute approximate surface area is 127 Å². The van der Waals surface area contributed by atoms with E-state index >= 15 is 0 Å². The molecule has 21 heavy (non-hydrogen) atoms. The molecule has 0 aromatic heterocycles. The number of rotatable bonds is 7. The van der Waals surface area contributed by atoms with E-state index in [2.05, 4.69) is 10.6 Å². The molecule has 1 aliphatic carbocycles. The number of amides is 2. The van der Waals surface area contributed by atoms with Crippen molar-refractivity contribution in [2.24, 2.45) is 17.3 Å². The number of carbonyl (C=O) groups excluding carboxylic acids is 1. The van der Waals surface area contributed by atoms with Gasteiger partial charge in [-0.2, -0.15) is 0 Å². The molecule has 2 amide bonds. The van der Waals surface area contributed by atoms with Crippen molar-refractivity contribution in [3.8, 4) is 0 Å². The lowest BCUT2D eigenvalue weighted by Gasteiger charge is -2.23. The third-order valence-electron chi connectivity index (χ3n) is 4.03. The summed E-state index contributed by atoms with van der Waals surface area (Å²) >= 11 is 0. The van der Waals surface area contributed by atoms with Gasteiger partial charge in [-0.25, -0.2) is 4.79 Å². The number of nitrogens with one attached hydrogen (secondary N) is 2. The second-order valence-corrected chi connectivity index (χ2v) is 7.38. The molecule has 1 saturated carbocycles. The highest BCUT2D eigenvalue weighted by Crippen LogP contribution is 2.27. The van der Waals surface area contributed by atoms with E-state index in [0.717, 1.165) is 12.3 Å². The van der Waals surface area contributed by atoms with Crippen LogP contribution in [0.5, 0.6) is 0 Å². The summed E-state index contributed by atoms with van der Waals surface area (Å²) < 4.78 is 0. The van der Waals surface area contributed by atoms with Crippen LogP contribution in [-0.4, -0.2) is 30.2 Å².